The SMILES string of the molecule is Cc1nc([C@H](Cc2c[nH]c3ccccc23)NS(=O)(=O)Cc2ccccc2F)cc(=O)[nH]1. The van der Waals surface area contributed by atoms with Crippen molar-refractivity contribution >= 4 is 20.9 Å². The molecule has 4 rings (SSSR count). The van der Waals surface area contributed by atoms with Crippen LogP contribution in [0.3, 0.4) is 0 Å². The van der Waals surface area contributed by atoms with Gasteiger partial charge in [0.2, 0.25) is 10.0 Å². The minimum atomic E-state index is -3.94. The maximum absolute atomic E-state index is 14.0. The first-order valence-electron chi connectivity index (χ1n) is 9.67. The van der Waals surface area contributed by atoms with Gasteiger partial charge in [0.15, 0.2) is 0 Å². The van der Waals surface area contributed by atoms with E-state index in [0.29, 0.717) is 11.5 Å². The van der Waals surface area contributed by atoms with E-state index in [1.165, 1.54) is 24.3 Å². The molecule has 0 radical (unpaired) electrons. The zero-order valence-corrected chi connectivity index (χ0v) is 17.5. The van der Waals surface area contributed by atoms with Crippen molar-refractivity contribution in [2.24, 2.45) is 0 Å². The zero-order chi connectivity index (χ0) is 22.0. The topological polar surface area (TPSA) is 108 Å². The Bertz CT molecular complexity index is 1400. The van der Waals surface area contributed by atoms with Crippen LogP contribution in [0.25, 0.3) is 10.9 Å². The Balaban J connectivity index is 1.70. The molecule has 9 heteroatoms. The van der Waals surface area contributed by atoms with E-state index >= 15 is 0 Å². The molecule has 31 heavy (non-hydrogen) atoms. The molecule has 2 aromatic heterocycles. The summed E-state index contributed by atoms with van der Waals surface area (Å²) < 4.78 is 42.4. The fraction of sp³-hybridized carbons (Fsp3) is 0.182. The van der Waals surface area contributed by atoms with Crippen LogP contribution < -0.4 is 10.3 Å². The predicted molar refractivity (Wildman–Crippen MR) is 116 cm³/mol. The minimum absolute atomic E-state index is 0.0656. The molecule has 0 unspecified atom stereocenters. The molecule has 0 fully saturated rings. The van der Waals surface area contributed by atoms with E-state index in [0.717, 1.165) is 16.5 Å². The molecule has 2 heterocycles. The summed E-state index contributed by atoms with van der Waals surface area (Å²) in [6, 6.07) is 13.9. The van der Waals surface area contributed by atoms with Gasteiger partial charge in [-0.3, -0.25) is 4.79 Å². The first-order valence-corrected chi connectivity index (χ1v) is 11.3. The number of hydrogen-bond acceptors (Lipinski definition) is 4. The summed E-state index contributed by atoms with van der Waals surface area (Å²) in [7, 11) is -3.94. The van der Waals surface area contributed by atoms with Crippen LogP contribution in [0.1, 0.15) is 28.7 Å². The lowest BCUT2D eigenvalue weighted by Gasteiger charge is -2.19. The van der Waals surface area contributed by atoms with Gasteiger partial charge in [-0.15, -0.1) is 0 Å². The van der Waals surface area contributed by atoms with Crippen molar-refractivity contribution in [2.45, 2.75) is 25.1 Å². The molecule has 4 aromatic rings. The summed E-state index contributed by atoms with van der Waals surface area (Å²) in [4.78, 5) is 22.1. The summed E-state index contributed by atoms with van der Waals surface area (Å²) in [6.45, 7) is 1.63. The van der Waals surface area contributed by atoms with Crippen LogP contribution in [-0.4, -0.2) is 23.4 Å². The van der Waals surface area contributed by atoms with E-state index < -0.39 is 27.6 Å². The molecule has 0 saturated heterocycles. The van der Waals surface area contributed by atoms with Crippen molar-refractivity contribution in [3.63, 3.8) is 0 Å². The number of sulfonamides is 1. The second kappa shape index (κ2) is 8.44. The average Bonchev–Trinajstić information content (AvgIpc) is 3.11. The quantitative estimate of drug-likeness (QED) is 0.410. The van der Waals surface area contributed by atoms with E-state index in [9.17, 15) is 17.6 Å². The number of nitrogens with one attached hydrogen (secondary N) is 3. The number of aryl methyl sites for hydroxylation is 1. The van der Waals surface area contributed by atoms with E-state index in [-0.39, 0.29) is 17.5 Å². The molecular weight excluding hydrogens is 419 g/mol. The molecular formula is C22H21FN4O3S. The van der Waals surface area contributed by atoms with Crippen molar-refractivity contribution < 1.29 is 12.8 Å². The molecule has 160 valence electrons. The highest BCUT2D eigenvalue weighted by Crippen LogP contribution is 2.24. The van der Waals surface area contributed by atoms with Gasteiger partial charge in [-0.2, -0.15) is 0 Å². The highest BCUT2D eigenvalue weighted by atomic mass is 32.2. The third-order valence-electron chi connectivity index (χ3n) is 4.96. The highest BCUT2D eigenvalue weighted by Gasteiger charge is 2.24. The number of rotatable bonds is 7. The summed E-state index contributed by atoms with van der Waals surface area (Å²) in [5, 5.41) is 0.947. The number of hydrogen-bond donors (Lipinski definition) is 3. The molecule has 1 atom stereocenters. The number of H-pyrrole nitrogens is 2. The van der Waals surface area contributed by atoms with Crippen LogP contribution in [0.4, 0.5) is 4.39 Å². The molecule has 7 nitrogen and oxygen atoms in total. The van der Waals surface area contributed by atoms with E-state index in [1.807, 2.05) is 30.5 Å². The standard InChI is InChI=1S/C22H21FN4O3S/c1-14-25-20(11-22(28)26-14)21(10-16-12-24-19-9-5-3-7-17(16)19)27-31(29,30)13-15-6-2-4-8-18(15)23/h2-9,11-12,21,24,27H,10,13H2,1H3,(H,25,26,28)/t21-/m0/s1. The lowest BCUT2D eigenvalue weighted by atomic mass is 10.0. The minimum Gasteiger partial charge on any atom is -0.361 e. The fourth-order valence-corrected chi connectivity index (χ4v) is 4.95. The Morgan fingerprint density at radius 3 is 2.61 bits per heavy atom. The smallest absolute Gasteiger partial charge is 0.251 e. The second-order valence-corrected chi connectivity index (χ2v) is 9.09. The van der Waals surface area contributed by atoms with Crippen LogP contribution >= 0.6 is 0 Å². The maximum Gasteiger partial charge on any atom is 0.251 e. The molecule has 0 aliphatic rings. The van der Waals surface area contributed by atoms with Crippen molar-refractivity contribution in [2.75, 3.05) is 0 Å². The Morgan fingerprint density at radius 2 is 1.84 bits per heavy atom. The van der Waals surface area contributed by atoms with Crippen LogP contribution in [-0.2, 0) is 22.2 Å². The van der Waals surface area contributed by atoms with Crippen molar-refractivity contribution in [3.8, 4) is 0 Å². The van der Waals surface area contributed by atoms with Crippen molar-refractivity contribution in [3.05, 3.63) is 99.6 Å². The summed E-state index contributed by atoms with van der Waals surface area (Å²) >= 11 is 0. The Hall–Kier alpha value is -3.30. The van der Waals surface area contributed by atoms with Crippen molar-refractivity contribution in [1.82, 2.24) is 19.7 Å². The van der Waals surface area contributed by atoms with Gasteiger partial charge >= 0.3 is 0 Å². The Kier molecular flexibility index (Phi) is 5.71. The van der Waals surface area contributed by atoms with Gasteiger partial charge in [-0.25, -0.2) is 22.5 Å². The van der Waals surface area contributed by atoms with Crippen LogP contribution in [0.15, 0.2) is 65.6 Å². The molecule has 0 amide bonds. The molecule has 2 aromatic carbocycles. The van der Waals surface area contributed by atoms with Crippen LogP contribution in [0.2, 0.25) is 0 Å². The van der Waals surface area contributed by atoms with Gasteiger partial charge in [-0.1, -0.05) is 36.4 Å². The van der Waals surface area contributed by atoms with Crippen LogP contribution in [0.5, 0.6) is 0 Å². The maximum atomic E-state index is 14.0. The number of para-hydroxylation sites is 1. The van der Waals surface area contributed by atoms with Gasteiger partial charge in [0, 0.05) is 28.7 Å². The number of fused-ring (bicyclic) bond motifs is 1. The number of aromatic nitrogens is 3. The highest BCUT2D eigenvalue weighted by molar-refractivity contribution is 7.88. The van der Waals surface area contributed by atoms with E-state index in [2.05, 4.69) is 19.7 Å². The third kappa shape index (κ3) is 4.89. The summed E-state index contributed by atoms with van der Waals surface area (Å²) in [5.41, 5.74) is 1.77. The van der Waals surface area contributed by atoms with E-state index in [1.54, 1.807) is 13.0 Å². The largest absolute Gasteiger partial charge is 0.361 e. The van der Waals surface area contributed by atoms with Gasteiger partial charge in [-0.05, 0) is 31.0 Å². The first kappa shape index (κ1) is 21.0. The lowest BCUT2D eigenvalue weighted by Crippen LogP contribution is -2.33. The molecule has 3 N–H and O–H groups in total. The zero-order valence-electron chi connectivity index (χ0n) is 16.7. The first-order chi connectivity index (χ1) is 14.8. The predicted octanol–water partition coefficient (Wildman–Crippen LogP) is 3.10. The summed E-state index contributed by atoms with van der Waals surface area (Å²) in [5.74, 6) is -0.738. The number of halogens is 1. The third-order valence-corrected chi connectivity index (χ3v) is 6.30. The van der Waals surface area contributed by atoms with Crippen molar-refractivity contribution in [1.29, 1.82) is 0 Å². The number of aromatic amines is 2. The van der Waals surface area contributed by atoms with Crippen LogP contribution in [0, 0.1) is 12.7 Å². The van der Waals surface area contributed by atoms with Gasteiger partial charge in [0.1, 0.15) is 11.6 Å². The molecule has 0 aliphatic heterocycles. The average molecular weight is 441 g/mol. The fourth-order valence-electron chi connectivity index (χ4n) is 3.59. The van der Waals surface area contributed by atoms with Gasteiger partial charge in [0.05, 0.1) is 17.5 Å². The molecule has 0 spiro atoms. The summed E-state index contributed by atoms with van der Waals surface area (Å²) in [6.07, 6.45) is 2.07. The number of nitrogens with zero attached hydrogens (tertiary/aromatic N) is 1. The molecule has 0 saturated carbocycles. The van der Waals surface area contributed by atoms with Gasteiger partial charge < -0.3 is 9.97 Å². The Labute approximate surface area is 178 Å². The monoisotopic (exact) mass is 440 g/mol. The normalized spacial score (nSPS) is 12.8. The molecule has 0 bridgehead atoms. The number of benzene rings is 2. The Morgan fingerprint density at radius 1 is 1.10 bits per heavy atom. The molecule has 0 aliphatic carbocycles. The van der Waals surface area contributed by atoms with E-state index in [4.69, 9.17) is 0 Å². The lowest BCUT2D eigenvalue weighted by molar-refractivity contribution is 0.545. The van der Waals surface area contributed by atoms with Gasteiger partial charge in [0.25, 0.3) is 5.56 Å². The second-order valence-electron chi connectivity index (χ2n) is 7.34.